The lowest BCUT2D eigenvalue weighted by molar-refractivity contribution is -0.160. The molecule has 5 heteroatoms. The van der Waals surface area contributed by atoms with Crippen molar-refractivity contribution in [1.29, 1.82) is 0 Å². The lowest BCUT2D eigenvalue weighted by atomic mass is 10.0. The SMILES string of the molecule is FC(F)(F)C(NC1CCOC1C1CC1)c1ccccc1. The first kappa shape index (κ1) is 13.9. The molecule has 2 fully saturated rings. The van der Waals surface area contributed by atoms with E-state index in [1.54, 1.807) is 18.2 Å². The molecule has 1 N–H and O–H groups in total. The van der Waals surface area contributed by atoms with E-state index in [0.717, 1.165) is 12.8 Å². The average molecular weight is 285 g/mol. The highest BCUT2D eigenvalue weighted by Gasteiger charge is 2.46. The molecule has 2 nitrogen and oxygen atoms in total. The number of alkyl halides is 3. The number of halogens is 3. The summed E-state index contributed by atoms with van der Waals surface area (Å²) in [6.07, 6.45) is -1.54. The van der Waals surface area contributed by atoms with Gasteiger partial charge in [-0.1, -0.05) is 30.3 Å². The van der Waals surface area contributed by atoms with Crippen molar-refractivity contribution in [1.82, 2.24) is 5.32 Å². The topological polar surface area (TPSA) is 21.3 Å². The first-order valence-electron chi connectivity index (χ1n) is 7.05. The molecule has 0 spiro atoms. The van der Waals surface area contributed by atoms with Gasteiger partial charge in [-0.2, -0.15) is 13.2 Å². The molecule has 1 heterocycles. The van der Waals surface area contributed by atoms with Crippen LogP contribution in [0.2, 0.25) is 0 Å². The molecule has 2 aliphatic rings. The summed E-state index contributed by atoms with van der Waals surface area (Å²) in [5.41, 5.74) is 0.265. The average Bonchev–Trinajstić information content (AvgIpc) is 3.15. The summed E-state index contributed by atoms with van der Waals surface area (Å²) in [4.78, 5) is 0. The molecule has 1 saturated heterocycles. The first-order chi connectivity index (χ1) is 9.55. The first-order valence-corrected chi connectivity index (χ1v) is 7.05. The van der Waals surface area contributed by atoms with Gasteiger partial charge in [0, 0.05) is 12.6 Å². The Bertz CT molecular complexity index is 444. The predicted molar refractivity (Wildman–Crippen MR) is 69.2 cm³/mol. The molecule has 3 unspecified atom stereocenters. The Morgan fingerprint density at radius 3 is 2.40 bits per heavy atom. The van der Waals surface area contributed by atoms with Crippen molar-refractivity contribution in [2.75, 3.05) is 6.61 Å². The maximum absolute atomic E-state index is 13.3. The zero-order valence-electron chi connectivity index (χ0n) is 11.1. The van der Waals surface area contributed by atoms with Crippen molar-refractivity contribution in [3.05, 3.63) is 35.9 Å². The molecule has 0 bridgehead atoms. The van der Waals surface area contributed by atoms with Crippen molar-refractivity contribution < 1.29 is 17.9 Å². The van der Waals surface area contributed by atoms with Crippen LogP contribution >= 0.6 is 0 Å². The molecule has 0 radical (unpaired) electrons. The zero-order valence-corrected chi connectivity index (χ0v) is 11.1. The molecule has 110 valence electrons. The van der Waals surface area contributed by atoms with Gasteiger partial charge >= 0.3 is 6.18 Å². The van der Waals surface area contributed by atoms with Gasteiger partial charge in [0.15, 0.2) is 0 Å². The molecule has 1 aliphatic heterocycles. The van der Waals surface area contributed by atoms with Crippen molar-refractivity contribution in [3.63, 3.8) is 0 Å². The zero-order chi connectivity index (χ0) is 14.2. The summed E-state index contributed by atoms with van der Waals surface area (Å²) < 4.78 is 45.5. The number of ether oxygens (including phenoxy) is 1. The third kappa shape index (κ3) is 2.99. The summed E-state index contributed by atoms with van der Waals surface area (Å²) in [5.74, 6) is 0.444. The van der Waals surface area contributed by atoms with Crippen LogP contribution in [0, 0.1) is 5.92 Å². The van der Waals surface area contributed by atoms with Gasteiger partial charge in [-0.3, -0.25) is 5.32 Å². The molecule has 0 aromatic heterocycles. The number of hydrogen-bond acceptors (Lipinski definition) is 2. The van der Waals surface area contributed by atoms with E-state index in [1.807, 2.05) is 0 Å². The van der Waals surface area contributed by atoms with Crippen molar-refractivity contribution in [2.24, 2.45) is 5.92 Å². The van der Waals surface area contributed by atoms with E-state index >= 15 is 0 Å². The Morgan fingerprint density at radius 1 is 1.10 bits per heavy atom. The summed E-state index contributed by atoms with van der Waals surface area (Å²) in [6.45, 7) is 0.554. The Kier molecular flexibility index (Phi) is 3.73. The van der Waals surface area contributed by atoms with Crippen LogP contribution in [0.3, 0.4) is 0 Å². The summed E-state index contributed by atoms with van der Waals surface area (Å²) >= 11 is 0. The largest absolute Gasteiger partial charge is 0.407 e. The lowest BCUT2D eigenvalue weighted by Crippen LogP contribution is -2.45. The van der Waals surface area contributed by atoms with Gasteiger partial charge in [-0.05, 0) is 30.7 Å². The number of hydrogen-bond donors (Lipinski definition) is 1. The summed E-state index contributed by atoms with van der Waals surface area (Å²) in [6, 6.07) is 6.23. The molecule has 1 aromatic rings. The van der Waals surface area contributed by atoms with Gasteiger partial charge in [0.05, 0.1) is 6.10 Å². The molecular formula is C15H18F3NO. The standard InChI is InChI=1S/C15H18F3NO/c16-15(17,18)14(11-4-2-1-3-5-11)19-12-8-9-20-13(12)10-6-7-10/h1-5,10,12-14,19H,6-9H2. The van der Waals surface area contributed by atoms with Crippen LogP contribution < -0.4 is 5.32 Å². The Hall–Kier alpha value is -1.07. The Balaban J connectivity index is 1.76. The van der Waals surface area contributed by atoms with Crippen molar-refractivity contribution in [3.8, 4) is 0 Å². The van der Waals surface area contributed by atoms with Gasteiger partial charge in [0.25, 0.3) is 0 Å². The second-order valence-corrected chi connectivity index (χ2v) is 5.62. The minimum absolute atomic E-state index is 0.0523. The fraction of sp³-hybridized carbons (Fsp3) is 0.600. The van der Waals surface area contributed by atoms with Crippen molar-refractivity contribution >= 4 is 0 Å². The maximum atomic E-state index is 13.3. The molecule has 20 heavy (non-hydrogen) atoms. The molecule has 0 amide bonds. The number of rotatable bonds is 4. The summed E-state index contributed by atoms with van der Waals surface area (Å²) in [7, 11) is 0. The lowest BCUT2D eigenvalue weighted by Gasteiger charge is -2.28. The van der Waals surface area contributed by atoms with Crippen LogP contribution in [0.4, 0.5) is 13.2 Å². The van der Waals surface area contributed by atoms with E-state index < -0.39 is 12.2 Å². The highest BCUT2D eigenvalue weighted by Crippen LogP contribution is 2.41. The van der Waals surface area contributed by atoms with E-state index in [2.05, 4.69) is 5.32 Å². The van der Waals surface area contributed by atoms with Crippen LogP contribution in [0.15, 0.2) is 30.3 Å². The van der Waals surface area contributed by atoms with Crippen molar-refractivity contribution in [2.45, 2.75) is 43.6 Å². The Morgan fingerprint density at radius 2 is 1.80 bits per heavy atom. The smallest absolute Gasteiger partial charge is 0.376 e. The van der Waals surface area contributed by atoms with Gasteiger partial charge in [-0.25, -0.2) is 0 Å². The second kappa shape index (κ2) is 5.37. The van der Waals surface area contributed by atoms with E-state index in [4.69, 9.17) is 4.74 Å². The highest BCUT2D eigenvalue weighted by molar-refractivity contribution is 5.21. The quantitative estimate of drug-likeness (QED) is 0.915. The maximum Gasteiger partial charge on any atom is 0.407 e. The molecule has 3 atom stereocenters. The van der Waals surface area contributed by atoms with Gasteiger partial charge in [0.2, 0.25) is 0 Å². The molecule has 1 aliphatic carbocycles. The van der Waals surface area contributed by atoms with Crippen LogP contribution in [-0.4, -0.2) is 24.9 Å². The summed E-state index contributed by atoms with van der Waals surface area (Å²) in [5, 5.41) is 2.79. The van der Waals surface area contributed by atoms with E-state index in [0.29, 0.717) is 18.9 Å². The second-order valence-electron chi connectivity index (χ2n) is 5.62. The third-order valence-electron chi connectivity index (χ3n) is 4.06. The normalized spacial score (nSPS) is 28.6. The fourth-order valence-electron chi connectivity index (χ4n) is 2.92. The van der Waals surface area contributed by atoms with Crippen LogP contribution in [0.1, 0.15) is 30.9 Å². The van der Waals surface area contributed by atoms with E-state index in [-0.39, 0.29) is 17.7 Å². The monoisotopic (exact) mass is 285 g/mol. The Labute approximate surface area is 116 Å². The molecule has 1 saturated carbocycles. The van der Waals surface area contributed by atoms with Crippen LogP contribution in [-0.2, 0) is 4.74 Å². The highest BCUT2D eigenvalue weighted by atomic mass is 19.4. The molecule has 1 aromatic carbocycles. The minimum atomic E-state index is -4.29. The van der Waals surface area contributed by atoms with E-state index in [9.17, 15) is 13.2 Å². The molecule has 3 rings (SSSR count). The minimum Gasteiger partial charge on any atom is -0.376 e. The van der Waals surface area contributed by atoms with Crippen LogP contribution in [0.25, 0.3) is 0 Å². The molecular weight excluding hydrogens is 267 g/mol. The fourth-order valence-corrected chi connectivity index (χ4v) is 2.92. The van der Waals surface area contributed by atoms with E-state index in [1.165, 1.54) is 12.1 Å². The van der Waals surface area contributed by atoms with Gasteiger partial charge in [-0.15, -0.1) is 0 Å². The third-order valence-corrected chi connectivity index (χ3v) is 4.06. The number of nitrogens with one attached hydrogen (secondary N) is 1. The van der Waals surface area contributed by atoms with Gasteiger partial charge < -0.3 is 4.74 Å². The predicted octanol–water partition coefficient (Wildman–Crippen LogP) is 3.45. The van der Waals surface area contributed by atoms with Gasteiger partial charge in [0.1, 0.15) is 6.04 Å². The number of benzene rings is 1. The van der Waals surface area contributed by atoms with Crippen LogP contribution in [0.5, 0.6) is 0 Å².